The van der Waals surface area contributed by atoms with E-state index in [9.17, 15) is 13.2 Å². The summed E-state index contributed by atoms with van der Waals surface area (Å²) in [6.07, 6.45) is 0.506. The first-order valence-electron chi connectivity index (χ1n) is 8.46. The second kappa shape index (κ2) is 9.52. The van der Waals surface area contributed by atoms with Crippen LogP contribution in [-0.2, 0) is 19.4 Å². The van der Waals surface area contributed by atoms with Crippen LogP contribution in [0.5, 0.6) is 0 Å². The minimum absolute atomic E-state index is 0.0256. The summed E-state index contributed by atoms with van der Waals surface area (Å²) >= 11 is 6.33. The van der Waals surface area contributed by atoms with Crippen molar-refractivity contribution < 1.29 is 17.9 Å². The van der Waals surface area contributed by atoms with E-state index in [4.69, 9.17) is 16.3 Å². The van der Waals surface area contributed by atoms with Gasteiger partial charge in [-0.3, -0.25) is 9.69 Å². The zero-order valence-electron chi connectivity index (χ0n) is 14.4. The number of ether oxygens (including phenoxy) is 1. The SMILES string of the molecule is CCCS(=O)(=O)CC(=O)NCC(c1ccccc1Cl)N1CCOCC1. The lowest BCUT2D eigenvalue weighted by molar-refractivity contribution is -0.119. The predicted molar refractivity (Wildman–Crippen MR) is 98.5 cm³/mol. The molecular formula is C17H25ClN2O4S. The average Bonchev–Trinajstić information content (AvgIpc) is 2.57. The average molecular weight is 389 g/mol. The Labute approximate surface area is 154 Å². The first kappa shape index (κ1) is 20.2. The summed E-state index contributed by atoms with van der Waals surface area (Å²) in [5, 5.41) is 3.39. The van der Waals surface area contributed by atoms with Crippen LogP contribution in [0, 0.1) is 0 Å². The van der Waals surface area contributed by atoms with E-state index in [1.54, 1.807) is 6.92 Å². The van der Waals surface area contributed by atoms with E-state index in [1.165, 1.54) is 0 Å². The maximum absolute atomic E-state index is 12.1. The van der Waals surface area contributed by atoms with Crippen LogP contribution in [-0.4, -0.2) is 63.6 Å². The van der Waals surface area contributed by atoms with Gasteiger partial charge in [0.05, 0.1) is 25.0 Å². The molecule has 1 aromatic rings. The number of carbonyl (C=O) groups is 1. The lowest BCUT2D eigenvalue weighted by atomic mass is 10.0. The number of morpholine rings is 1. The Kier molecular flexibility index (Phi) is 7.68. The Hall–Kier alpha value is -1.15. The summed E-state index contributed by atoms with van der Waals surface area (Å²) in [6.45, 7) is 4.81. The number of nitrogens with zero attached hydrogens (tertiary/aromatic N) is 1. The molecule has 0 bridgehead atoms. The highest BCUT2D eigenvalue weighted by atomic mass is 35.5. The molecule has 1 atom stereocenters. The standard InChI is InChI=1S/C17H25ClN2O4S/c1-2-11-25(22,23)13-17(21)19-12-16(20-7-9-24-10-8-20)14-5-3-4-6-15(14)18/h3-6,16H,2,7-13H2,1H3,(H,19,21). The Bertz CT molecular complexity index is 675. The molecule has 1 N–H and O–H groups in total. The molecule has 0 saturated carbocycles. The molecule has 2 rings (SSSR count). The van der Waals surface area contributed by atoms with E-state index >= 15 is 0 Å². The zero-order chi connectivity index (χ0) is 18.3. The fourth-order valence-corrected chi connectivity index (χ4v) is 4.44. The van der Waals surface area contributed by atoms with Crippen LogP contribution in [0.2, 0.25) is 5.02 Å². The van der Waals surface area contributed by atoms with Crippen LogP contribution in [0.1, 0.15) is 24.9 Å². The Morgan fingerprint density at radius 1 is 1.32 bits per heavy atom. The number of carbonyl (C=O) groups excluding carboxylic acids is 1. The number of benzene rings is 1. The number of nitrogens with one attached hydrogen (secondary N) is 1. The fraction of sp³-hybridized carbons (Fsp3) is 0.588. The highest BCUT2D eigenvalue weighted by Crippen LogP contribution is 2.27. The van der Waals surface area contributed by atoms with Crippen molar-refractivity contribution in [3.63, 3.8) is 0 Å². The third-order valence-corrected chi connectivity index (χ3v) is 6.19. The predicted octanol–water partition coefficient (Wildman–Crippen LogP) is 1.65. The summed E-state index contributed by atoms with van der Waals surface area (Å²) in [6, 6.07) is 7.40. The summed E-state index contributed by atoms with van der Waals surface area (Å²) in [5.74, 6) is -0.921. The molecule has 1 fully saturated rings. The molecule has 1 aliphatic rings. The van der Waals surface area contributed by atoms with E-state index in [0.717, 1.165) is 18.7 Å². The molecule has 25 heavy (non-hydrogen) atoms. The quantitative estimate of drug-likeness (QED) is 0.732. The third kappa shape index (κ3) is 6.26. The van der Waals surface area contributed by atoms with Gasteiger partial charge in [-0.2, -0.15) is 0 Å². The number of hydrogen-bond donors (Lipinski definition) is 1. The molecule has 1 aromatic carbocycles. The van der Waals surface area contributed by atoms with Crippen LogP contribution >= 0.6 is 11.6 Å². The van der Waals surface area contributed by atoms with E-state index in [0.29, 0.717) is 31.2 Å². The van der Waals surface area contributed by atoms with Gasteiger partial charge in [-0.15, -0.1) is 0 Å². The van der Waals surface area contributed by atoms with Crippen molar-refractivity contribution in [2.24, 2.45) is 0 Å². The van der Waals surface area contributed by atoms with Crippen molar-refractivity contribution in [1.82, 2.24) is 10.2 Å². The molecule has 1 heterocycles. The zero-order valence-corrected chi connectivity index (χ0v) is 16.0. The maximum Gasteiger partial charge on any atom is 0.235 e. The number of hydrogen-bond acceptors (Lipinski definition) is 5. The number of sulfone groups is 1. The van der Waals surface area contributed by atoms with Crippen LogP contribution in [0.3, 0.4) is 0 Å². The molecule has 1 unspecified atom stereocenters. The monoisotopic (exact) mass is 388 g/mol. The van der Waals surface area contributed by atoms with Crippen molar-refractivity contribution in [2.45, 2.75) is 19.4 Å². The largest absolute Gasteiger partial charge is 0.379 e. The summed E-state index contributed by atoms with van der Waals surface area (Å²) < 4.78 is 29.0. The molecule has 1 amide bonds. The highest BCUT2D eigenvalue weighted by molar-refractivity contribution is 7.92. The fourth-order valence-electron chi connectivity index (χ4n) is 2.91. The van der Waals surface area contributed by atoms with Gasteiger partial charge in [0, 0.05) is 24.7 Å². The summed E-state index contributed by atoms with van der Waals surface area (Å²) in [4.78, 5) is 14.3. The van der Waals surface area contributed by atoms with Crippen LogP contribution in [0.15, 0.2) is 24.3 Å². The highest BCUT2D eigenvalue weighted by Gasteiger charge is 2.25. The van der Waals surface area contributed by atoms with Crippen molar-refractivity contribution in [2.75, 3.05) is 44.4 Å². The summed E-state index contributed by atoms with van der Waals surface area (Å²) in [5.41, 5.74) is 0.919. The van der Waals surface area contributed by atoms with Crippen molar-refractivity contribution in [3.05, 3.63) is 34.9 Å². The van der Waals surface area contributed by atoms with Crippen LogP contribution in [0.25, 0.3) is 0 Å². The van der Waals surface area contributed by atoms with E-state index in [1.807, 2.05) is 24.3 Å². The van der Waals surface area contributed by atoms with Crippen molar-refractivity contribution >= 4 is 27.3 Å². The van der Waals surface area contributed by atoms with E-state index in [2.05, 4.69) is 10.2 Å². The van der Waals surface area contributed by atoms with Gasteiger partial charge in [-0.05, 0) is 18.1 Å². The molecular weight excluding hydrogens is 364 g/mol. The second-order valence-corrected chi connectivity index (χ2v) is 8.67. The smallest absolute Gasteiger partial charge is 0.235 e. The minimum atomic E-state index is -3.35. The molecule has 0 spiro atoms. The topological polar surface area (TPSA) is 75.7 Å². The van der Waals surface area contributed by atoms with Gasteiger partial charge in [0.2, 0.25) is 5.91 Å². The first-order chi connectivity index (χ1) is 11.9. The number of rotatable bonds is 8. The summed E-state index contributed by atoms with van der Waals surface area (Å²) in [7, 11) is -3.35. The van der Waals surface area contributed by atoms with E-state index < -0.39 is 21.5 Å². The molecule has 0 aliphatic carbocycles. The van der Waals surface area contributed by atoms with Crippen molar-refractivity contribution in [3.8, 4) is 0 Å². The third-order valence-electron chi connectivity index (χ3n) is 4.11. The number of halogens is 1. The number of amides is 1. The van der Waals surface area contributed by atoms with Gasteiger partial charge < -0.3 is 10.1 Å². The van der Waals surface area contributed by atoms with Gasteiger partial charge in [0.1, 0.15) is 5.75 Å². The maximum atomic E-state index is 12.1. The lowest BCUT2D eigenvalue weighted by Gasteiger charge is -2.35. The Balaban J connectivity index is 2.06. The van der Waals surface area contributed by atoms with Crippen LogP contribution in [0.4, 0.5) is 0 Å². The molecule has 140 valence electrons. The molecule has 0 aromatic heterocycles. The van der Waals surface area contributed by atoms with Crippen LogP contribution < -0.4 is 5.32 Å². The second-order valence-electron chi connectivity index (χ2n) is 6.08. The molecule has 6 nitrogen and oxygen atoms in total. The molecule has 1 saturated heterocycles. The van der Waals surface area contributed by atoms with Crippen molar-refractivity contribution in [1.29, 1.82) is 0 Å². The van der Waals surface area contributed by atoms with Gasteiger partial charge in [-0.1, -0.05) is 36.7 Å². The first-order valence-corrected chi connectivity index (χ1v) is 10.7. The van der Waals surface area contributed by atoms with Gasteiger partial charge in [0.15, 0.2) is 9.84 Å². The van der Waals surface area contributed by atoms with Gasteiger partial charge in [0.25, 0.3) is 0 Å². The molecule has 1 aliphatic heterocycles. The molecule has 8 heteroatoms. The Morgan fingerprint density at radius 3 is 2.64 bits per heavy atom. The minimum Gasteiger partial charge on any atom is -0.379 e. The lowest BCUT2D eigenvalue weighted by Crippen LogP contribution is -2.44. The Morgan fingerprint density at radius 2 is 2.00 bits per heavy atom. The van der Waals surface area contributed by atoms with E-state index in [-0.39, 0.29) is 11.8 Å². The van der Waals surface area contributed by atoms with Gasteiger partial charge >= 0.3 is 0 Å². The molecule has 0 radical (unpaired) electrons. The normalized spacial score (nSPS) is 17.2. The van der Waals surface area contributed by atoms with Gasteiger partial charge in [-0.25, -0.2) is 8.42 Å².